The highest BCUT2D eigenvalue weighted by molar-refractivity contribution is 6.31. The summed E-state index contributed by atoms with van der Waals surface area (Å²) in [5, 5.41) is 10.1. The largest absolute Gasteiger partial charge is 0.439 e. The van der Waals surface area contributed by atoms with E-state index in [0.717, 1.165) is 0 Å². The van der Waals surface area contributed by atoms with Gasteiger partial charge < -0.3 is 14.9 Å². The van der Waals surface area contributed by atoms with Crippen molar-refractivity contribution in [3.05, 3.63) is 86.3 Å². The number of hydrogen-bond donors (Lipinski definition) is 1. The summed E-state index contributed by atoms with van der Waals surface area (Å²) in [7, 11) is 0. The van der Waals surface area contributed by atoms with Gasteiger partial charge >= 0.3 is 5.63 Å². The van der Waals surface area contributed by atoms with Crippen LogP contribution in [0.3, 0.4) is 0 Å². The lowest BCUT2D eigenvalue weighted by molar-refractivity contribution is 0.387. The third kappa shape index (κ3) is 2.25. The van der Waals surface area contributed by atoms with Crippen molar-refractivity contribution in [2.75, 3.05) is 0 Å². The topological polar surface area (TPSA) is 89.3 Å². The lowest BCUT2D eigenvalue weighted by atomic mass is 9.83. The van der Waals surface area contributed by atoms with Gasteiger partial charge in [-0.15, -0.1) is 0 Å². The van der Waals surface area contributed by atoms with Crippen LogP contribution in [-0.2, 0) is 0 Å². The molecule has 128 valence electrons. The van der Waals surface area contributed by atoms with Crippen LogP contribution in [0, 0.1) is 17.1 Å². The Labute approximate surface area is 151 Å². The van der Waals surface area contributed by atoms with Crippen molar-refractivity contribution in [1.29, 1.82) is 5.26 Å². The predicted octanol–water partition coefficient (Wildman–Crippen LogP) is 3.80. The maximum Gasteiger partial charge on any atom is 0.344 e. The van der Waals surface area contributed by atoms with Crippen LogP contribution in [0.15, 0.2) is 63.1 Å². The molecule has 2 heterocycles. The molecule has 1 aliphatic heterocycles. The van der Waals surface area contributed by atoms with Gasteiger partial charge in [0.2, 0.25) is 5.88 Å². The Bertz CT molecular complexity index is 1170. The number of allylic oxidation sites excluding steroid dienone is 1. The molecule has 2 N–H and O–H groups in total. The molecule has 0 amide bonds. The third-order valence-corrected chi connectivity index (χ3v) is 4.59. The molecule has 26 heavy (non-hydrogen) atoms. The van der Waals surface area contributed by atoms with E-state index in [2.05, 4.69) is 0 Å². The van der Waals surface area contributed by atoms with E-state index >= 15 is 0 Å². The highest BCUT2D eigenvalue weighted by atomic mass is 35.5. The maximum atomic E-state index is 14.6. The van der Waals surface area contributed by atoms with Gasteiger partial charge in [-0.2, -0.15) is 5.26 Å². The molecule has 3 aromatic rings. The van der Waals surface area contributed by atoms with Crippen LogP contribution in [0.2, 0.25) is 5.02 Å². The van der Waals surface area contributed by atoms with E-state index in [1.54, 1.807) is 24.3 Å². The highest BCUT2D eigenvalue weighted by Crippen LogP contribution is 2.45. The summed E-state index contributed by atoms with van der Waals surface area (Å²) in [6.07, 6.45) is 0. The normalized spacial score (nSPS) is 16.1. The minimum Gasteiger partial charge on any atom is -0.439 e. The molecule has 5 nitrogen and oxygen atoms in total. The van der Waals surface area contributed by atoms with E-state index in [0.29, 0.717) is 11.0 Å². The van der Waals surface area contributed by atoms with Crippen LogP contribution in [0.1, 0.15) is 17.0 Å². The average Bonchev–Trinajstić information content (AvgIpc) is 2.61. The van der Waals surface area contributed by atoms with Crippen LogP contribution in [0.25, 0.3) is 11.0 Å². The van der Waals surface area contributed by atoms with E-state index in [1.807, 2.05) is 6.07 Å². The average molecular weight is 369 g/mol. The molecule has 7 heteroatoms. The SMILES string of the molecule is N#CC1=C(N)Oc2c(c(=O)oc3ccccc23)C1c1c(F)cccc1Cl. The molecule has 1 unspecified atom stereocenters. The van der Waals surface area contributed by atoms with Gasteiger partial charge in [-0.25, -0.2) is 9.18 Å². The van der Waals surface area contributed by atoms with E-state index in [-0.39, 0.29) is 33.4 Å². The molecule has 0 radical (unpaired) electrons. The van der Waals surface area contributed by atoms with E-state index in [1.165, 1.54) is 18.2 Å². The summed E-state index contributed by atoms with van der Waals surface area (Å²) < 4.78 is 25.5. The Morgan fingerprint density at radius 1 is 1.15 bits per heavy atom. The number of rotatable bonds is 1. The summed E-state index contributed by atoms with van der Waals surface area (Å²) >= 11 is 6.18. The Morgan fingerprint density at radius 2 is 1.92 bits per heavy atom. The Balaban J connectivity index is 2.15. The standard InChI is InChI=1S/C19H10ClFN2O3/c20-11-5-3-6-12(21)15(11)14-10(8-22)18(23)26-17-9-4-1-2-7-13(9)25-19(24)16(14)17/h1-7,14H,23H2. The van der Waals surface area contributed by atoms with Gasteiger partial charge in [0.25, 0.3) is 0 Å². The zero-order valence-electron chi connectivity index (χ0n) is 13.1. The number of nitriles is 1. The number of halogens is 2. The van der Waals surface area contributed by atoms with Crippen molar-refractivity contribution in [3.63, 3.8) is 0 Å². The molecule has 0 saturated carbocycles. The van der Waals surface area contributed by atoms with Gasteiger partial charge in [-0.05, 0) is 24.3 Å². The first-order chi connectivity index (χ1) is 12.5. The summed E-state index contributed by atoms with van der Waals surface area (Å²) in [5.74, 6) is -1.86. The quantitative estimate of drug-likeness (QED) is 0.660. The lowest BCUT2D eigenvalue weighted by Gasteiger charge is -2.26. The van der Waals surface area contributed by atoms with Crippen LogP contribution in [-0.4, -0.2) is 0 Å². The van der Waals surface area contributed by atoms with Crippen LogP contribution in [0.4, 0.5) is 4.39 Å². The molecule has 2 aromatic carbocycles. The minimum absolute atomic E-state index is 0.0125. The predicted molar refractivity (Wildman–Crippen MR) is 93.2 cm³/mol. The van der Waals surface area contributed by atoms with Gasteiger partial charge in [-0.3, -0.25) is 0 Å². The van der Waals surface area contributed by atoms with Gasteiger partial charge in [0.1, 0.15) is 23.0 Å². The van der Waals surface area contributed by atoms with E-state index in [9.17, 15) is 14.4 Å². The number of benzene rings is 2. The number of nitrogens with zero attached hydrogens (tertiary/aromatic N) is 1. The molecule has 0 fully saturated rings. The highest BCUT2D eigenvalue weighted by Gasteiger charge is 2.37. The fraction of sp³-hybridized carbons (Fsp3) is 0.0526. The summed E-state index contributed by atoms with van der Waals surface area (Å²) in [5.41, 5.74) is 5.31. The van der Waals surface area contributed by atoms with Gasteiger partial charge in [-0.1, -0.05) is 29.8 Å². The minimum atomic E-state index is -1.13. The summed E-state index contributed by atoms with van der Waals surface area (Å²) in [6, 6.07) is 12.7. The first-order valence-electron chi connectivity index (χ1n) is 7.60. The van der Waals surface area contributed by atoms with Gasteiger partial charge in [0, 0.05) is 10.6 Å². The van der Waals surface area contributed by atoms with Gasteiger partial charge in [0.05, 0.1) is 16.9 Å². The number of ether oxygens (including phenoxy) is 1. The molecule has 1 aromatic heterocycles. The van der Waals surface area contributed by atoms with Gasteiger partial charge in [0.15, 0.2) is 5.75 Å². The number of hydrogen-bond acceptors (Lipinski definition) is 5. The molecule has 4 rings (SSSR count). The summed E-state index contributed by atoms with van der Waals surface area (Å²) in [6.45, 7) is 0. The van der Waals surface area contributed by atoms with Crippen LogP contribution >= 0.6 is 11.6 Å². The molecule has 1 aliphatic rings. The molecule has 0 bridgehead atoms. The second kappa shape index (κ2) is 5.90. The Kier molecular flexibility index (Phi) is 3.67. The molecule has 1 atom stereocenters. The second-order valence-corrected chi connectivity index (χ2v) is 6.10. The van der Waals surface area contributed by atoms with Crippen molar-refractivity contribution < 1.29 is 13.5 Å². The molecule has 0 saturated heterocycles. The smallest absolute Gasteiger partial charge is 0.344 e. The fourth-order valence-electron chi connectivity index (χ4n) is 3.14. The molecule has 0 spiro atoms. The van der Waals surface area contributed by atoms with E-state index < -0.39 is 17.4 Å². The number of fused-ring (bicyclic) bond motifs is 3. The Hall–Kier alpha value is -3.30. The molecular formula is C19H10ClFN2O3. The van der Waals surface area contributed by atoms with E-state index in [4.69, 9.17) is 26.5 Å². The van der Waals surface area contributed by atoms with Crippen LogP contribution < -0.4 is 16.1 Å². The van der Waals surface area contributed by atoms with Crippen molar-refractivity contribution in [1.82, 2.24) is 0 Å². The van der Waals surface area contributed by atoms with Crippen molar-refractivity contribution >= 4 is 22.6 Å². The third-order valence-electron chi connectivity index (χ3n) is 4.26. The fourth-order valence-corrected chi connectivity index (χ4v) is 3.41. The monoisotopic (exact) mass is 368 g/mol. The van der Waals surface area contributed by atoms with Crippen molar-refractivity contribution in [3.8, 4) is 11.8 Å². The lowest BCUT2D eigenvalue weighted by Crippen LogP contribution is -2.27. The van der Waals surface area contributed by atoms with Crippen LogP contribution in [0.5, 0.6) is 5.75 Å². The molecule has 0 aliphatic carbocycles. The number of nitrogens with two attached hydrogens (primary N) is 1. The Morgan fingerprint density at radius 3 is 2.65 bits per heavy atom. The van der Waals surface area contributed by atoms with Crippen molar-refractivity contribution in [2.24, 2.45) is 5.73 Å². The first kappa shape index (κ1) is 16.2. The van der Waals surface area contributed by atoms with Crippen molar-refractivity contribution in [2.45, 2.75) is 5.92 Å². The molecular weight excluding hydrogens is 359 g/mol. The zero-order chi connectivity index (χ0) is 18.4. The summed E-state index contributed by atoms with van der Waals surface area (Å²) in [4.78, 5) is 12.7. The second-order valence-electron chi connectivity index (χ2n) is 5.69. The number of para-hydroxylation sites is 1. The maximum absolute atomic E-state index is 14.6. The zero-order valence-corrected chi connectivity index (χ0v) is 13.9. The first-order valence-corrected chi connectivity index (χ1v) is 7.98.